The molecule has 0 radical (unpaired) electrons. The summed E-state index contributed by atoms with van der Waals surface area (Å²) >= 11 is 1.67. The summed E-state index contributed by atoms with van der Waals surface area (Å²) in [7, 11) is 0. The third kappa shape index (κ3) is 2.44. The number of amides is 1. The molecule has 0 fully saturated rings. The first kappa shape index (κ1) is 12.9. The average molecular weight is 285 g/mol. The van der Waals surface area contributed by atoms with Crippen molar-refractivity contribution >= 4 is 28.1 Å². The van der Waals surface area contributed by atoms with Crippen LogP contribution in [0, 0.1) is 0 Å². The van der Waals surface area contributed by atoms with E-state index < -0.39 is 0 Å². The fraction of sp³-hybridized carbons (Fsp3) is 0.200. The molecule has 1 unspecified atom stereocenters. The molecule has 4 nitrogen and oxygen atoms in total. The van der Waals surface area contributed by atoms with Crippen LogP contribution in [0.2, 0.25) is 0 Å². The molecule has 0 aliphatic heterocycles. The molecular formula is C15H15N3OS. The van der Waals surface area contributed by atoms with Gasteiger partial charge in [0.1, 0.15) is 0 Å². The summed E-state index contributed by atoms with van der Waals surface area (Å²) in [6.45, 7) is 2.07. The minimum atomic E-state index is -0.0539. The van der Waals surface area contributed by atoms with Crippen molar-refractivity contribution in [2.75, 3.05) is 0 Å². The molecule has 2 aromatic heterocycles. The molecule has 3 rings (SSSR count). The van der Waals surface area contributed by atoms with Gasteiger partial charge in [-0.15, -0.1) is 11.3 Å². The number of fused-ring (bicyclic) bond motifs is 1. The Morgan fingerprint density at radius 1 is 1.45 bits per heavy atom. The van der Waals surface area contributed by atoms with Gasteiger partial charge in [-0.3, -0.25) is 9.89 Å². The van der Waals surface area contributed by atoms with Crippen molar-refractivity contribution in [3.8, 4) is 0 Å². The Labute approximate surface area is 120 Å². The Kier molecular flexibility index (Phi) is 3.52. The average Bonchev–Trinajstić information content (AvgIpc) is 3.14. The third-order valence-electron chi connectivity index (χ3n) is 3.30. The predicted molar refractivity (Wildman–Crippen MR) is 80.9 cm³/mol. The summed E-state index contributed by atoms with van der Waals surface area (Å²) in [6.07, 6.45) is 2.62. The fourth-order valence-electron chi connectivity index (χ4n) is 2.18. The Morgan fingerprint density at radius 2 is 2.35 bits per heavy atom. The van der Waals surface area contributed by atoms with E-state index in [1.54, 1.807) is 17.5 Å². The van der Waals surface area contributed by atoms with E-state index in [4.69, 9.17) is 0 Å². The van der Waals surface area contributed by atoms with E-state index in [0.717, 1.165) is 17.3 Å². The number of thiophene rings is 1. The number of rotatable bonds is 4. The maximum absolute atomic E-state index is 12.3. The van der Waals surface area contributed by atoms with Crippen molar-refractivity contribution in [3.63, 3.8) is 0 Å². The molecule has 3 aromatic rings. The highest BCUT2D eigenvalue weighted by Crippen LogP contribution is 2.22. The van der Waals surface area contributed by atoms with Gasteiger partial charge in [-0.1, -0.05) is 19.1 Å². The molecule has 102 valence electrons. The molecule has 0 saturated carbocycles. The van der Waals surface area contributed by atoms with Crippen LogP contribution in [0.15, 0.2) is 41.9 Å². The second-order valence-electron chi connectivity index (χ2n) is 4.62. The monoisotopic (exact) mass is 285 g/mol. The highest BCUT2D eigenvalue weighted by Gasteiger charge is 2.15. The van der Waals surface area contributed by atoms with E-state index in [1.165, 1.54) is 4.88 Å². The molecule has 5 heteroatoms. The summed E-state index contributed by atoms with van der Waals surface area (Å²) in [4.78, 5) is 13.5. The number of aromatic amines is 1. The van der Waals surface area contributed by atoms with Crippen LogP contribution in [-0.2, 0) is 0 Å². The standard InChI is InChI=1S/C15H15N3OS/c1-2-12(14-4-3-7-20-14)17-15(19)10-5-6-11-9-16-18-13(11)8-10/h3-9,12H,2H2,1H3,(H,16,18)(H,17,19). The van der Waals surface area contributed by atoms with Crippen LogP contribution < -0.4 is 5.32 Å². The van der Waals surface area contributed by atoms with E-state index >= 15 is 0 Å². The van der Waals surface area contributed by atoms with Crippen LogP contribution >= 0.6 is 11.3 Å². The van der Waals surface area contributed by atoms with Gasteiger partial charge in [0, 0.05) is 15.8 Å². The third-order valence-corrected chi connectivity index (χ3v) is 4.29. The highest BCUT2D eigenvalue weighted by molar-refractivity contribution is 7.10. The highest BCUT2D eigenvalue weighted by atomic mass is 32.1. The Morgan fingerprint density at radius 3 is 3.10 bits per heavy atom. The first-order valence-corrected chi connectivity index (χ1v) is 7.43. The quantitative estimate of drug-likeness (QED) is 0.770. The molecule has 0 aliphatic rings. The van der Waals surface area contributed by atoms with E-state index in [1.807, 2.05) is 29.6 Å². The van der Waals surface area contributed by atoms with Gasteiger partial charge >= 0.3 is 0 Å². The number of H-pyrrole nitrogens is 1. The topological polar surface area (TPSA) is 57.8 Å². The fourth-order valence-corrected chi connectivity index (χ4v) is 3.05. The molecule has 0 bridgehead atoms. The molecular weight excluding hydrogens is 270 g/mol. The minimum absolute atomic E-state index is 0.0539. The van der Waals surface area contributed by atoms with Crippen molar-refractivity contribution in [2.24, 2.45) is 0 Å². The van der Waals surface area contributed by atoms with Gasteiger partial charge in [0.15, 0.2) is 0 Å². The Balaban J connectivity index is 1.81. The summed E-state index contributed by atoms with van der Waals surface area (Å²) < 4.78 is 0. The van der Waals surface area contributed by atoms with Crippen LogP contribution in [0.1, 0.15) is 34.6 Å². The second kappa shape index (κ2) is 5.46. The molecule has 0 saturated heterocycles. The number of carbonyl (C=O) groups excluding carboxylic acids is 1. The minimum Gasteiger partial charge on any atom is -0.344 e. The summed E-state index contributed by atoms with van der Waals surface area (Å²) in [5.74, 6) is -0.0539. The van der Waals surface area contributed by atoms with Crippen molar-refractivity contribution in [2.45, 2.75) is 19.4 Å². The van der Waals surface area contributed by atoms with E-state index in [0.29, 0.717) is 5.56 Å². The van der Waals surface area contributed by atoms with Crippen molar-refractivity contribution < 1.29 is 4.79 Å². The lowest BCUT2D eigenvalue weighted by Gasteiger charge is -2.15. The zero-order valence-electron chi connectivity index (χ0n) is 11.1. The molecule has 1 amide bonds. The zero-order valence-corrected chi connectivity index (χ0v) is 11.9. The van der Waals surface area contributed by atoms with Gasteiger partial charge in [0.25, 0.3) is 5.91 Å². The van der Waals surface area contributed by atoms with Crippen LogP contribution in [-0.4, -0.2) is 16.1 Å². The van der Waals surface area contributed by atoms with Crippen LogP contribution in [0.3, 0.4) is 0 Å². The summed E-state index contributed by atoms with van der Waals surface area (Å²) in [5, 5.41) is 13.0. The lowest BCUT2D eigenvalue weighted by molar-refractivity contribution is 0.0936. The van der Waals surface area contributed by atoms with Crippen LogP contribution in [0.5, 0.6) is 0 Å². The number of nitrogens with one attached hydrogen (secondary N) is 2. The van der Waals surface area contributed by atoms with Gasteiger partial charge < -0.3 is 5.32 Å². The maximum atomic E-state index is 12.3. The second-order valence-corrected chi connectivity index (χ2v) is 5.60. The molecule has 0 spiro atoms. The number of hydrogen-bond acceptors (Lipinski definition) is 3. The molecule has 0 aliphatic carbocycles. The smallest absolute Gasteiger partial charge is 0.251 e. The van der Waals surface area contributed by atoms with Gasteiger partial charge in [0.05, 0.1) is 17.8 Å². The van der Waals surface area contributed by atoms with E-state index in [9.17, 15) is 4.79 Å². The first-order chi connectivity index (χ1) is 9.78. The van der Waals surface area contributed by atoms with E-state index in [2.05, 4.69) is 28.5 Å². The summed E-state index contributed by atoms with van der Waals surface area (Å²) in [5.41, 5.74) is 1.53. The molecule has 1 aromatic carbocycles. The van der Waals surface area contributed by atoms with E-state index in [-0.39, 0.29) is 11.9 Å². The number of aromatic nitrogens is 2. The zero-order chi connectivity index (χ0) is 13.9. The molecule has 1 atom stereocenters. The van der Waals surface area contributed by atoms with Crippen LogP contribution in [0.4, 0.5) is 0 Å². The van der Waals surface area contributed by atoms with Crippen LogP contribution in [0.25, 0.3) is 10.9 Å². The number of benzene rings is 1. The first-order valence-electron chi connectivity index (χ1n) is 6.55. The predicted octanol–water partition coefficient (Wildman–Crippen LogP) is 3.51. The van der Waals surface area contributed by atoms with Crippen molar-refractivity contribution in [1.82, 2.24) is 15.5 Å². The van der Waals surface area contributed by atoms with Gasteiger partial charge in [-0.2, -0.15) is 5.10 Å². The van der Waals surface area contributed by atoms with Crippen molar-refractivity contribution in [1.29, 1.82) is 0 Å². The number of carbonyl (C=O) groups is 1. The Bertz CT molecular complexity index is 718. The molecule has 2 N–H and O–H groups in total. The number of nitrogens with zero attached hydrogens (tertiary/aromatic N) is 1. The molecule has 2 heterocycles. The lowest BCUT2D eigenvalue weighted by atomic mass is 10.1. The van der Waals surface area contributed by atoms with Gasteiger partial charge in [0.2, 0.25) is 0 Å². The number of hydrogen-bond donors (Lipinski definition) is 2. The van der Waals surface area contributed by atoms with Gasteiger partial charge in [-0.05, 0) is 30.0 Å². The largest absolute Gasteiger partial charge is 0.344 e. The van der Waals surface area contributed by atoms with Crippen molar-refractivity contribution in [3.05, 3.63) is 52.3 Å². The lowest BCUT2D eigenvalue weighted by Crippen LogP contribution is -2.27. The maximum Gasteiger partial charge on any atom is 0.251 e. The van der Waals surface area contributed by atoms with Gasteiger partial charge in [-0.25, -0.2) is 0 Å². The summed E-state index contributed by atoms with van der Waals surface area (Å²) in [6, 6.07) is 9.69. The normalized spacial score (nSPS) is 12.4. The Hall–Kier alpha value is -2.14. The SMILES string of the molecule is CCC(NC(=O)c1ccc2cn[nH]c2c1)c1cccs1. The molecule has 20 heavy (non-hydrogen) atoms.